The van der Waals surface area contributed by atoms with Crippen LogP contribution in [-0.2, 0) is 24.8 Å². The van der Waals surface area contributed by atoms with Crippen molar-refractivity contribution in [2.24, 2.45) is 0 Å². The number of sulfonamides is 2. The van der Waals surface area contributed by atoms with E-state index in [0.717, 1.165) is 10.6 Å². The van der Waals surface area contributed by atoms with Crippen LogP contribution >= 0.6 is 0 Å². The van der Waals surface area contributed by atoms with Crippen molar-refractivity contribution in [2.75, 3.05) is 41.4 Å². The van der Waals surface area contributed by atoms with Gasteiger partial charge in [-0.15, -0.1) is 0 Å². The molecule has 0 saturated heterocycles. The van der Waals surface area contributed by atoms with Gasteiger partial charge in [-0.1, -0.05) is 0 Å². The van der Waals surface area contributed by atoms with Crippen molar-refractivity contribution in [3.05, 3.63) is 60.9 Å². The molecule has 1 amide bonds. The number of aromatic nitrogens is 2. The molecule has 0 bridgehead atoms. The van der Waals surface area contributed by atoms with Gasteiger partial charge in [0.15, 0.2) is 11.5 Å². The van der Waals surface area contributed by atoms with E-state index in [0.29, 0.717) is 11.5 Å². The van der Waals surface area contributed by atoms with E-state index in [4.69, 9.17) is 9.47 Å². The molecule has 0 unspecified atom stereocenters. The Labute approximate surface area is 203 Å². The number of benzene rings is 2. The summed E-state index contributed by atoms with van der Waals surface area (Å²) in [5.41, 5.74) is 0.474. The van der Waals surface area contributed by atoms with E-state index >= 15 is 0 Å². The van der Waals surface area contributed by atoms with Crippen molar-refractivity contribution in [3.8, 4) is 11.5 Å². The van der Waals surface area contributed by atoms with Gasteiger partial charge in [0.2, 0.25) is 21.9 Å². The van der Waals surface area contributed by atoms with Gasteiger partial charge in [-0.25, -0.2) is 31.5 Å². The molecule has 0 aliphatic rings. The molecule has 2 aromatic carbocycles. The maximum absolute atomic E-state index is 12.6. The molecule has 0 fully saturated rings. The Balaban J connectivity index is 1.74. The second-order valence-electron chi connectivity index (χ2n) is 7.06. The summed E-state index contributed by atoms with van der Waals surface area (Å²) in [6.07, 6.45) is 3.76. The van der Waals surface area contributed by atoms with Crippen molar-refractivity contribution in [2.45, 2.75) is 4.90 Å². The topological polar surface area (TPSA) is 157 Å². The van der Waals surface area contributed by atoms with E-state index < -0.39 is 32.5 Å². The lowest BCUT2D eigenvalue weighted by molar-refractivity contribution is -0.114. The Hall–Kier alpha value is -3.91. The first-order valence-electron chi connectivity index (χ1n) is 9.93. The van der Waals surface area contributed by atoms with Gasteiger partial charge in [0, 0.05) is 24.1 Å². The maximum atomic E-state index is 12.6. The van der Waals surface area contributed by atoms with E-state index in [1.54, 1.807) is 6.07 Å². The van der Waals surface area contributed by atoms with Crippen LogP contribution in [0.2, 0.25) is 0 Å². The van der Waals surface area contributed by atoms with Crippen molar-refractivity contribution >= 4 is 43.3 Å². The minimum Gasteiger partial charge on any atom is -0.493 e. The summed E-state index contributed by atoms with van der Waals surface area (Å²) in [6, 6.07) is 11.3. The molecule has 186 valence electrons. The minimum absolute atomic E-state index is 0.0777. The molecule has 0 aliphatic carbocycles. The third-order valence-corrected chi connectivity index (χ3v) is 7.07. The molecule has 1 heterocycles. The predicted octanol–water partition coefficient (Wildman–Crippen LogP) is 1.70. The van der Waals surface area contributed by atoms with Gasteiger partial charge < -0.3 is 14.8 Å². The first-order chi connectivity index (χ1) is 16.5. The van der Waals surface area contributed by atoms with Crippen LogP contribution in [0.5, 0.6) is 11.5 Å². The number of hydrogen-bond acceptors (Lipinski definition) is 9. The molecule has 35 heavy (non-hydrogen) atoms. The van der Waals surface area contributed by atoms with Gasteiger partial charge in [-0.3, -0.25) is 9.10 Å². The molecule has 1 aromatic heterocycles. The second kappa shape index (κ2) is 10.6. The summed E-state index contributed by atoms with van der Waals surface area (Å²) in [5, 5.41) is 2.55. The van der Waals surface area contributed by atoms with Crippen LogP contribution in [0.3, 0.4) is 0 Å². The lowest BCUT2D eigenvalue weighted by Crippen LogP contribution is -2.37. The highest BCUT2D eigenvalue weighted by atomic mass is 32.2. The fourth-order valence-corrected chi connectivity index (χ4v) is 4.77. The molecule has 14 heteroatoms. The fourth-order valence-electron chi connectivity index (χ4n) is 2.96. The minimum atomic E-state index is -3.94. The summed E-state index contributed by atoms with van der Waals surface area (Å²) in [5.74, 6) is -0.0274. The molecule has 3 aromatic rings. The van der Waals surface area contributed by atoms with Crippen LogP contribution in [0.4, 0.5) is 17.3 Å². The average molecular weight is 522 g/mol. The van der Waals surface area contributed by atoms with Crippen molar-refractivity contribution in [1.82, 2.24) is 9.97 Å². The first-order valence-corrected chi connectivity index (χ1v) is 13.3. The first kappa shape index (κ1) is 25.7. The largest absolute Gasteiger partial charge is 0.493 e. The number of rotatable bonds is 10. The molecule has 0 saturated carbocycles. The number of anilines is 3. The predicted molar refractivity (Wildman–Crippen MR) is 130 cm³/mol. The number of nitrogens with one attached hydrogen (secondary N) is 2. The van der Waals surface area contributed by atoms with Crippen molar-refractivity contribution < 1.29 is 31.1 Å². The van der Waals surface area contributed by atoms with Crippen LogP contribution in [0, 0.1) is 0 Å². The second-order valence-corrected chi connectivity index (χ2v) is 10.6. The Morgan fingerprint density at radius 3 is 2.14 bits per heavy atom. The van der Waals surface area contributed by atoms with Crippen LogP contribution < -0.4 is 23.8 Å². The smallest absolute Gasteiger partial charge is 0.264 e. The average Bonchev–Trinajstić information content (AvgIpc) is 2.82. The molecule has 0 atom stereocenters. The molecular formula is C21H23N5O7S2. The normalized spacial score (nSPS) is 11.4. The lowest BCUT2D eigenvalue weighted by atomic mass is 10.2. The van der Waals surface area contributed by atoms with Crippen LogP contribution in [-0.4, -0.2) is 59.7 Å². The Morgan fingerprint density at radius 2 is 1.57 bits per heavy atom. The Morgan fingerprint density at radius 1 is 0.943 bits per heavy atom. The van der Waals surface area contributed by atoms with Gasteiger partial charge in [0.05, 0.1) is 31.1 Å². The quantitative estimate of drug-likeness (QED) is 0.405. The number of carbonyl (C=O) groups is 1. The third kappa shape index (κ3) is 6.58. The van der Waals surface area contributed by atoms with E-state index in [9.17, 15) is 21.6 Å². The number of amides is 1. The summed E-state index contributed by atoms with van der Waals surface area (Å²) in [7, 11) is -4.92. The molecule has 3 rings (SSSR count). The number of carbonyl (C=O) groups excluding carboxylic acids is 1. The SMILES string of the molecule is COc1ccc(N(CC(=O)Nc2ccc(S(=O)(=O)Nc3ncccn3)cc2)S(C)(=O)=O)cc1OC. The third-order valence-electron chi connectivity index (χ3n) is 4.58. The van der Waals surface area contributed by atoms with Crippen LogP contribution in [0.15, 0.2) is 65.8 Å². The highest BCUT2D eigenvalue weighted by Crippen LogP contribution is 2.32. The highest BCUT2D eigenvalue weighted by molar-refractivity contribution is 7.92. The fraction of sp³-hybridized carbons (Fsp3) is 0.190. The van der Waals surface area contributed by atoms with Gasteiger partial charge in [-0.2, -0.15) is 0 Å². The number of hydrogen-bond donors (Lipinski definition) is 2. The van der Waals surface area contributed by atoms with Gasteiger partial charge >= 0.3 is 0 Å². The van der Waals surface area contributed by atoms with Gasteiger partial charge in [0.25, 0.3) is 10.0 Å². The summed E-state index contributed by atoms with van der Waals surface area (Å²) >= 11 is 0. The zero-order valence-electron chi connectivity index (χ0n) is 19.0. The molecule has 12 nitrogen and oxygen atoms in total. The van der Waals surface area contributed by atoms with Gasteiger partial charge in [0.1, 0.15) is 6.54 Å². The summed E-state index contributed by atoms with van der Waals surface area (Å²) in [4.78, 5) is 20.2. The number of ether oxygens (including phenoxy) is 2. The van der Waals surface area contributed by atoms with Crippen LogP contribution in [0.25, 0.3) is 0 Å². The monoisotopic (exact) mass is 521 g/mol. The Kier molecular flexibility index (Phi) is 7.76. The molecule has 0 aliphatic heterocycles. The zero-order valence-corrected chi connectivity index (χ0v) is 20.6. The molecule has 0 spiro atoms. The van der Waals surface area contributed by atoms with Crippen molar-refractivity contribution in [3.63, 3.8) is 0 Å². The van der Waals surface area contributed by atoms with E-state index in [1.165, 1.54) is 69.1 Å². The molecule has 0 radical (unpaired) electrons. The Bertz CT molecular complexity index is 1400. The zero-order chi connectivity index (χ0) is 25.6. The molecular weight excluding hydrogens is 498 g/mol. The number of methoxy groups -OCH3 is 2. The van der Waals surface area contributed by atoms with E-state index in [2.05, 4.69) is 20.0 Å². The lowest BCUT2D eigenvalue weighted by Gasteiger charge is -2.23. The maximum Gasteiger partial charge on any atom is 0.264 e. The number of nitrogens with zero attached hydrogens (tertiary/aromatic N) is 3. The van der Waals surface area contributed by atoms with Gasteiger partial charge in [-0.05, 0) is 42.5 Å². The highest BCUT2D eigenvalue weighted by Gasteiger charge is 2.23. The van der Waals surface area contributed by atoms with Crippen molar-refractivity contribution in [1.29, 1.82) is 0 Å². The molecule has 2 N–H and O–H groups in total. The van der Waals surface area contributed by atoms with Crippen LogP contribution in [0.1, 0.15) is 0 Å². The summed E-state index contributed by atoms with van der Waals surface area (Å²) in [6.45, 7) is -0.527. The summed E-state index contributed by atoms with van der Waals surface area (Å²) < 4.78 is 63.2. The van der Waals surface area contributed by atoms with E-state index in [-0.39, 0.29) is 22.2 Å². The van der Waals surface area contributed by atoms with E-state index in [1.807, 2.05) is 0 Å². The standard InChI is InChI=1S/C21H23N5O7S2/c1-32-18-10-7-16(13-19(18)33-2)26(34(3,28)29)14-20(27)24-15-5-8-17(9-6-15)35(30,31)25-21-22-11-4-12-23-21/h4-13H,14H2,1-3H3,(H,24,27)(H,22,23,25).